The van der Waals surface area contributed by atoms with Crippen LogP contribution in [-0.4, -0.2) is 30.6 Å². The first-order valence-corrected chi connectivity index (χ1v) is 4.76. The van der Waals surface area contributed by atoms with Gasteiger partial charge in [0, 0.05) is 24.9 Å². The highest BCUT2D eigenvalue weighted by Crippen LogP contribution is 2.11. The summed E-state index contributed by atoms with van der Waals surface area (Å²) >= 11 is 0. The van der Waals surface area contributed by atoms with E-state index in [-0.39, 0.29) is 11.9 Å². The number of ether oxygens (including phenoxy) is 2. The summed E-state index contributed by atoms with van der Waals surface area (Å²) in [5, 5.41) is 0. The van der Waals surface area contributed by atoms with E-state index in [4.69, 9.17) is 9.47 Å². The van der Waals surface area contributed by atoms with Crippen LogP contribution in [0.15, 0.2) is 18.3 Å². The second-order valence-corrected chi connectivity index (χ2v) is 3.32. The average molecular weight is 209 g/mol. The molecule has 4 heteroatoms. The third kappa shape index (κ3) is 3.67. The number of aromatic nitrogens is 1. The maximum atomic E-state index is 11.1. The summed E-state index contributed by atoms with van der Waals surface area (Å²) in [6.45, 7) is 3.88. The fraction of sp³-hybridized carbons (Fsp3) is 0.455. The molecule has 0 aliphatic rings. The third-order valence-electron chi connectivity index (χ3n) is 1.86. The lowest BCUT2D eigenvalue weighted by Gasteiger charge is -2.12. The highest BCUT2D eigenvalue weighted by atomic mass is 16.5. The van der Waals surface area contributed by atoms with Gasteiger partial charge < -0.3 is 9.47 Å². The van der Waals surface area contributed by atoms with Crippen LogP contribution in [0.4, 0.5) is 0 Å². The van der Waals surface area contributed by atoms with E-state index in [0.717, 1.165) is 0 Å². The van der Waals surface area contributed by atoms with Gasteiger partial charge in [-0.3, -0.25) is 4.79 Å². The highest BCUT2D eigenvalue weighted by Gasteiger charge is 2.06. The zero-order valence-electron chi connectivity index (χ0n) is 9.19. The minimum absolute atomic E-state index is 0.00152. The summed E-state index contributed by atoms with van der Waals surface area (Å²) in [6, 6.07) is 3.30. The fourth-order valence-corrected chi connectivity index (χ4v) is 1.17. The number of Topliss-reactive ketones (excluding diaryl/α,β-unsaturated/α-hetero) is 1. The molecule has 1 rings (SSSR count). The lowest BCUT2D eigenvalue weighted by Crippen LogP contribution is -2.18. The number of hydrogen-bond acceptors (Lipinski definition) is 4. The van der Waals surface area contributed by atoms with Crippen molar-refractivity contribution in [3.8, 4) is 5.88 Å². The van der Waals surface area contributed by atoms with Crippen LogP contribution in [0.2, 0.25) is 0 Å². The Labute approximate surface area is 89.2 Å². The first kappa shape index (κ1) is 11.7. The molecule has 0 bridgehead atoms. The molecule has 0 radical (unpaired) electrons. The SMILES string of the molecule is COCC(C)Oc1cc(C(C)=O)ccn1. The number of pyridine rings is 1. The van der Waals surface area contributed by atoms with Crippen molar-refractivity contribution in [3.63, 3.8) is 0 Å². The van der Waals surface area contributed by atoms with Gasteiger partial charge in [-0.1, -0.05) is 0 Å². The Kier molecular flexibility index (Phi) is 4.24. The van der Waals surface area contributed by atoms with E-state index in [2.05, 4.69) is 4.98 Å². The van der Waals surface area contributed by atoms with Crippen molar-refractivity contribution in [2.45, 2.75) is 20.0 Å². The van der Waals surface area contributed by atoms with Crippen LogP contribution in [0.25, 0.3) is 0 Å². The van der Waals surface area contributed by atoms with Crippen LogP contribution >= 0.6 is 0 Å². The molecule has 0 fully saturated rings. The molecule has 0 N–H and O–H groups in total. The molecule has 1 aromatic rings. The van der Waals surface area contributed by atoms with Crippen LogP contribution in [0.1, 0.15) is 24.2 Å². The first-order chi connectivity index (χ1) is 7.13. The first-order valence-electron chi connectivity index (χ1n) is 4.76. The van der Waals surface area contributed by atoms with Crippen molar-refractivity contribution in [1.29, 1.82) is 0 Å². The van der Waals surface area contributed by atoms with Gasteiger partial charge in [0.25, 0.3) is 0 Å². The number of hydrogen-bond donors (Lipinski definition) is 0. The minimum Gasteiger partial charge on any atom is -0.472 e. The molecule has 1 atom stereocenters. The summed E-state index contributed by atoms with van der Waals surface area (Å²) in [7, 11) is 1.61. The average Bonchev–Trinajstić information content (AvgIpc) is 2.18. The molecule has 0 aliphatic heterocycles. The molecule has 0 spiro atoms. The van der Waals surface area contributed by atoms with Gasteiger partial charge in [-0.05, 0) is 19.9 Å². The Hall–Kier alpha value is -1.42. The van der Waals surface area contributed by atoms with Crippen LogP contribution < -0.4 is 4.74 Å². The topological polar surface area (TPSA) is 48.4 Å². The molecule has 1 heterocycles. The second kappa shape index (κ2) is 5.46. The van der Waals surface area contributed by atoms with E-state index in [9.17, 15) is 4.79 Å². The van der Waals surface area contributed by atoms with Crippen molar-refractivity contribution in [1.82, 2.24) is 4.98 Å². The molecule has 0 saturated heterocycles. The quantitative estimate of drug-likeness (QED) is 0.692. The highest BCUT2D eigenvalue weighted by molar-refractivity contribution is 5.94. The minimum atomic E-state index is -0.0790. The molecule has 0 saturated carbocycles. The van der Waals surface area contributed by atoms with Crippen molar-refractivity contribution >= 4 is 5.78 Å². The van der Waals surface area contributed by atoms with Gasteiger partial charge in [-0.2, -0.15) is 0 Å². The summed E-state index contributed by atoms with van der Waals surface area (Å²) in [5.41, 5.74) is 0.601. The predicted octanol–water partition coefficient (Wildman–Crippen LogP) is 1.70. The van der Waals surface area contributed by atoms with Crippen molar-refractivity contribution in [2.24, 2.45) is 0 Å². The number of carbonyl (C=O) groups excluding carboxylic acids is 1. The zero-order chi connectivity index (χ0) is 11.3. The van der Waals surface area contributed by atoms with Crippen LogP contribution in [0.3, 0.4) is 0 Å². The fourth-order valence-electron chi connectivity index (χ4n) is 1.17. The maximum absolute atomic E-state index is 11.1. The van der Waals surface area contributed by atoms with Gasteiger partial charge in [0.05, 0.1) is 6.61 Å². The Morgan fingerprint density at radius 2 is 2.33 bits per heavy atom. The van der Waals surface area contributed by atoms with Gasteiger partial charge in [-0.15, -0.1) is 0 Å². The van der Waals surface area contributed by atoms with Gasteiger partial charge in [0.1, 0.15) is 6.10 Å². The number of ketones is 1. The van der Waals surface area contributed by atoms with Gasteiger partial charge in [0.15, 0.2) is 5.78 Å². The molecule has 1 unspecified atom stereocenters. The third-order valence-corrected chi connectivity index (χ3v) is 1.86. The lowest BCUT2D eigenvalue weighted by atomic mass is 10.2. The Balaban J connectivity index is 2.69. The normalized spacial score (nSPS) is 12.2. The molecule has 0 aliphatic carbocycles. The van der Waals surface area contributed by atoms with E-state index in [1.165, 1.54) is 6.92 Å². The van der Waals surface area contributed by atoms with Crippen LogP contribution in [0.5, 0.6) is 5.88 Å². The molecule has 15 heavy (non-hydrogen) atoms. The number of rotatable bonds is 5. The van der Waals surface area contributed by atoms with Crippen molar-refractivity contribution < 1.29 is 14.3 Å². The van der Waals surface area contributed by atoms with Crippen molar-refractivity contribution in [2.75, 3.05) is 13.7 Å². The monoisotopic (exact) mass is 209 g/mol. The molecular formula is C11H15NO3. The van der Waals surface area contributed by atoms with E-state index in [1.54, 1.807) is 25.4 Å². The summed E-state index contributed by atoms with van der Waals surface area (Å²) in [5.74, 6) is 0.453. The molecule has 82 valence electrons. The van der Waals surface area contributed by atoms with E-state index >= 15 is 0 Å². The zero-order valence-corrected chi connectivity index (χ0v) is 9.19. The summed E-state index contributed by atoms with van der Waals surface area (Å²) in [4.78, 5) is 15.1. The van der Waals surface area contributed by atoms with Gasteiger partial charge in [-0.25, -0.2) is 4.98 Å². The standard InChI is InChI=1S/C11H15NO3/c1-8(7-14-3)15-11-6-10(9(2)13)4-5-12-11/h4-6,8H,7H2,1-3H3. The van der Waals surface area contributed by atoms with Gasteiger partial charge in [0.2, 0.25) is 5.88 Å². The largest absolute Gasteiger partial charge is 0.472 e. The number of nitrogens with zero attached hydrogens (tertiary/aromatic N) is 1. The van der Waals surface area contributed by atoms with Gasteiger partial charge >= 0.3 is 0 Å². The molecule has 4 nitrogen and oxygen atoms in total. The second-order valence-electron chi connectivity index (χ2n) is 3.32. The predicted molar refractivity (Wildman–Crippen MR) is 56.2 cm³/mol. The van der Waals surface area contributed by atoms with E-state index in [1.807, 2.05) is 6.92 Å². The number of methoxy groups -OCH3 is 1. The van der Waals surface area contributed by atoms with Crippen LogP contribution in [-0.2, 0) is 4.74 Å². The lowest BCUT2D eigenvalue weighted by molar-refractivity contribution is 0.0886. The molecule has 1 aromatic heterocycles. The molecule has 0 aromatic carbocycles. The van der Waals surface area contributed by atoms with E-state index < -0.39 is 0 Å². The Bertz CT molecular complexity index is 338. The smallest absolute Gasteiger partial charge is 0.214 e. The van der Waals surface area contributed by atoms with E-state index in [0.29, 0.717) is 18.1 Å². The van der Waals surface area contributed by atoms with Crippen LogP contribution in [0, 0.1) is 0 Å². The molecular weight excluding hydrogens is 194 g/mol. The summed E-state index contributed by atoms with van der Waals surface area (Å²) in [6.07, 6.45) is 1.48. The van der Waals surface area contributed by atoms with Crippen molar-refractivity contribution in [3.05, 3.63) is 23.9 Å². The summed E-state index contributed by atoms with van der Waals surface area (Å²) < 4.78 is 10.4. The maximum Gasteiger partial charge on any atom is 0.214 e. The Morgan fingerprint density at radius 1 is 1.60 bits per heavy atom. The Morgan fingerprint density at radius 3 is 2.93 bits per heavy atom. The number of carbonyl (C=O) groups is 1. The molecule has 0 amide bonds.